The van der Waals surface area contributed by atoms with Crippen molar-refractivity contribution in [1.29, 1.82) is 0 Å². The quantitative estimate of drug-likeness (QED) is 0.395. The highest BCUT2D eigenvalue weighted by Crippen LogP contribution is 2.36. The highest BCUT2D eigenvalue weighted by Gasteiger charge is 2.20. The molecular weight excluding hydrogens is 328 g/mol. The van der Waals surface area contributed by atoms with Gasteiger partial charge in [-0.25, -0.2) is 4.98 Å². The van der Waals surface area contributed by atoms with Crippen LogP contribution in [0, 0.1) is 6.92 Å². The van der Waals surface area contributed by atoms with E-state index in [1.54, 1.807) is 0 Å². The fourth-order valence-corrected chi connectivity index (χ4v) is 3.50. The van der Waals surface area contributed by atoms with Gasteiger partial charge in [-0.3, -0.25) is 0 Å². The summed E-state index contributed by atoms with van der Waals surface area (Å²) in [5.41, 5.74) is 7.02. The van der Waals surface area contributed by atoms with Crippen LogP contribution in [0.1, 0.15) is 18.9 Å². The molecule has 0 aliphatic carbocycles. The van der Waals surface area contributed by atoms with E-state index in [-0.39, 0.29) is 0 Å². The van der Waals surface area contributed by atoms with Crippen LogP contribution in [0.25, 0.3) is 33.9 Å². The fourth-order valence-electron chi connectivity index (χ4n) is 3.50. The Morgan fingerprint density at radius 2 is 1.30 bits per heavy atom. The summed E-state index contributed by atoms with van der Waals surface area (Å²) in [6.45, 7) is 5.27. The predicted molar refractivity (Wildman–Crippen MR) is 114 cm³/mol. The van der Waals surface area contributed by atoms with E-state index < -0.39 is 0 Å². The van der Waals surface area contributed by atoms with Crippen LogP contribution < -0.4 is 0 Å². The van der Waals surface area contributed by atoms with Crippen LogP contribution >= 0.6 is 0 Å². The molecule has 134 valence electrons. The molecule has 0 spiro atoms. The minimum Gasteiger partial charge on any atom is -0.323 e. The number of aromatic nitrogens is 2. The summed E-state index contributed by atoms with van der Waals surface area (Å²) in [5, 5.41) is 0. The molecule has 0 fully saturated rings. The molecule has 0 bridgehead atoms. The van der Waals surface area contributed by atoms with Crippen LogP contribution in [0.2, 0.25) is 0 Å². The molecule has 0 radical (unpaired) electrons. The highest BCUT2D eigenvalue weighted by molar-refractivity contribution is 5.82. The molecule has 0 aliphatic heterocycles. The second-order valence-electron chi connectivity index (χ2n) is 6.88. The molecular formula is C25H24N2. The number of benzene rings is 3. The van der Waals surface area contributed by atoms with Crippen molar-refractivity contribution in [1.82, 2.24) is 9.55 Å². The first kappa shape index (κ1) is 17.3. The van der Waals surface area contributed by atoms with Crippen LogP contribution in [-0.2, 0) is 6.54 Å². The Kier molecular flexibility index (Phi) is 4.88. The molecule has 0 saturated heterocycles. The number of aryl methyl sites for hydroxylation is 1. The molecule has 0 amide bonds. The minimum absolute atomic E-state index is 0.938. The summed E-state index contributed by atoms with van der Waals surface area (Å²) in [4.78, 5) is 5.14. The first-order chi connectivity index (χ1) is 13.3. The first-order valence-electron chi connectivity index (χ1n) is 9.56. The first-order valence-corrected chi connectivity index (χ1v) is 9.56. The van der Waals surface area contributed by atoms with Gasteiger partial charge in [0.15, 0.2) is 0 Å². The van der Waals surface area contributed by atoms with Crippen molar-refractivity contribution in [3.8, 4) is 33.9 Å². The van der Waals surface area contributed by atoms with Crippen molar-refractivity contribution in [3.63, 3.8) is 0 Å². The van der Waals surface area contributed by atoms with Crippen molar-refractivity contribution >= 4 is 0 Å². The lowest BCUT2D eigenvalue weighted by Gasteiger charge is -2.12. The zero-order valence-electron chi connectivity index (χ0n) is 15.9. The third-order valence-corrected chi connectivity index (χ3v) is 4.82. The molecule has 0 N–H and O–H groups in total. The second-order valence-corrected chi connectivity index (χ2v) is 6.88. The molecule has 2 nitrogen and oxygen atoms in total. The molecule has 3 aromatic carbocycles. The van der Waals surface area contributed by atoms with Crippen molar-refractivity contribution < 1.29 is 0 Å². The number of imidazole rings is 1. The van der Waals surface area contributed by atoms with Crippen LogP contribution in [0.15, 0.2) is 84.9 Å². The Balaban J connectivity index is 2.00. The van der Waals surface area contributed by atoms with E-state index in [0.717, 1.165) is 35.6 Å². The number of hydrogen-bond acceptors (Lipinski definition) is 1. The summed E-state index contributed by atoms with van der Waals surface area (Å²) < 4.78 is 2.38. The molecule has 4 aromatic rings. The zero-order chi connectivity index (χ0) is 18.6. The van der Waals surface area contributed by atoms with Crippen molar-refractivity contribution in [2.75, 3.05) is 0 Å². The topological polar surface area (TPSA) is 17.8 Å². The molecule has 0 unspecified atom stereocenters. The summed E-state index contributed by atoms with van der Waals surface area (Å²) >= 11 is 0. The lowest BCUT2D eigenvalue weighted by Crippen LogP contribution is -2.02. The minimum atomic E-state index is 0.938. The van der Waals surface area contributed by atoms with Gasteiger partial charge in [0.1, 0.15) is 5.82 Å². The van der Waals surface area contributed by atoms with Gasteiger partial charge in [0.25, 0.3) is 0 Å². The van der Waals surface area contributed by atoms with E-state index >= 15 is 0 Å². The molecule has 1 aromatic heterocycles. The van der Waals surface area contributed by atoms with Gasteiger partial charge in [-0.05, 0) is 13.3 Å². The van der Waals surface area contributed by atoms with Crippen LogP contribution in [0.3, 0.4) is 0 Å². The largest absolute Gasteiger partial charge is 0.323 e. The zero-order valence-corrected chi connectivity index (χ0v) is 15.9. The molecule has 0 atom stereocenters. The average Bonchev–Trinajstić information content (AvgIpc) is 3.09. The third kappa shape index (κ3) is 3.43. The van der Waals surface area contributed by atoms with Crippen molar-refractivity contribution in [2.45, 2.75) is 26.8 Å². The van der Waals surface area contributed by atoms with E-state index in [0.29, 0.717) is 0 Å². The van der Waals surface area contributed by atoms with Gasteiger partial charge >= 0.3 is 0 Å². The molecule has 2 heteroatoms. The number of rotatable bonds is 5. The maximum Gasteiger partial charge on any atom is 0.141 e. The van der Waals surface area contributed by atoms with E-state index in [4.69, 9.17) is 4.98 Å². The third-order valence-electron chi connectivity index (χ3n) is 4.82. The van der Waals surface area contributed by atoms with Crippen molar-refractivity contribution in [3.05, 3.63) is 90.5 Å². The number of nitrogens with zero attached hydrogens (tertiary/aromatic N) is 2. The lowest BCUT2D eigenvalue weighted by atomic mass is 10.0. The lowest BCUT2D eigenvalue weighted by molar-refractivity contribution is 0.691. The molecule has 4 rings (SSSR count). The fraction of sp³-hybridized carbons (Fsp3) is 0.160. The molecule has 27 heavy (non-hydrogen) atoms. The Morgan fingerprint density at radius 1 is 0.704 bits per heavy atom. The predicted octanol–water partition coefficient (Wildman–Crippen LogP) is 6.60. The van der Waals surface area contributed by atoms with Gasteiger partial charge in [0.2, 0.25) is 0 Å². The average molecular weight is 352 g/mol. The van der Waals surface area contributed by atoms with Crippen molar-refractivity contribution in [2.24, 2.45) is 0 Å². The second kappa shape index (κ2) is 7.63. The summed E-state index contributed by atoms with van der Waals surface area (Å²) in [5.74, 6) is 1.04. The molecule has 0 aliphatic rings. The van der Waals surface area contributed by atoms with Crippen LogP contribution in [0.5, 0.6) is 0 Å². The summed E-state index contributed by atoms with van der Waals surface area (Å²) in [7, 11) is 0. The van der Waals surface area contributed by atoms with Gasteiger partial charge in [0.05, 0.1) is 11.4 Å². The summed E-state index contributed by atoms with van der Waals surface area (Å²) in [6.07, 6.45) is 1.06. The van der Waals surface area contributed by atoms with Gasteiger partial charge in [0, 0.05) is 23.2 Å². The monoisotopic (exact) mass is 352 g/mol. The molecule has 0 saturated carbocycles. The SMILES string of the molecule is CCCn1c(-c2ccc(C)cc2)nc(-c2ccccc2)c1-c1ccccc1. The van der Waals surface area contributed by atoms with Crippen LogP contribution in [0.4, 0.5) is 0 Å². The number of hydrogen-bond donors (Lipinski definition) is 0. The van der Waals surface area contributed by atoms with Gasteiger partial charge in [-0.2, -0.15) is 0 Å². The maximum atomic E-state index is 5.14. The van der Waals surface area contributed by atoms with E-state index in [1.807, 2.05) is 0 Å². The van der Waals surface area contributed by atoms with Gasteiger partial charge in [-0.1, -0.05) is 97.4 Å². The summed E-state index contributed by atoms with van der Waals surface area (Å²) in [6, 6.07) is 29.8. The smallest absolute Gasteiger partial charge is 0.141 e. The Morgan fingerprint density at radius 3 is 1.89 bits per heavy atom. The normalized spacial score (nSPS) is 10.9. The van der Waals surface area contributed by atoms with E-state index in [9.17, 15) is 0 Å². The van der Waals surface area contributed by atoms with Gasteiger partial charge < -0.3 is 4.57 Å². The Hall–Kier alpha value is -3.13. The van der Waals surface area contributed by atoms with Gasteiger partial charge in [-0.15, -0.1) is 0 Å². The maximum absolute atomic E-state index is 5.14. The highest BCUT2D eigenvalue weighted by atomic mass is 15.1. The Labute approximate surface area is 161 Å². The molecule has 1 heterocycles. The van der Waals surface area contributed by atoms with Crippen LogP contribution in [-0.4, -0.2) is 9.55 Å². The van der Waals surface area contributed by atoms with E-state index in [2.05, 4.69) is 103 Å². The standard InChI is InChI=1S/C25H24N2/c1-3-18-27-24(21-12-8-5-9-13-21)23(20-10-6-4-7-11-20)26-25(27)22-16-14-19(2)15-17-22/h4-17H,3,18H2,1-2H3. The van der Waals surface area contributed by atoms with E-state index in [1.165, 1.54) is 16.8 Å². The Bertz CT molecular complexity index is 1010.